The van der Waals surface area contributed by atoms with Crippen molar-refractivity contribution in [2.45, 2.75) is 18.9 Å². The second-order valence-electron chi connectivity index (χ2n) is 4.28. The van der Waals surface area contributed by atoms with E-state index >= 15 is 0 Å². The average Bonchev–Trinajstić information content (AvgIpc) is 2.41. The first kappa shape index (κ1) is 14.7. The van der Waals surface area contributed by atoms with E-state index in [1.807, 2.05) is 24.3 Å². The smallest absolute Gasteiger partial charge is 0.123 e. The number of hydrogen-bond donors (Lipinski definition) is 0. The number of rotatable bonds is 4. The van der Waals surface area contributed by atoms with E-state index in [1.54, 1.807) is 6.07 Å². The number of halogens is 3. The van der Waals surface area contributed by atoms with E-state index in [1.165, 1.54) is 5.56 Å². The third kappa shape index (κ3) is 3.88. The van der Waals surface area contributed by atoms with Crippen molar-refractivity contribution in [2.75, 3.05) is 0 Å². The number of alkyl halides is 1. The van der Waals surface area contributed by atoms with Crippen LogP contribution in [0, 0.1) is 6.92 Å². The summed E-state index contributed by atoms with van der Waals surface area (Å²) in [5, 5.41) is 1.88. The van der Waals surface area contributed by atoms with E-state index in [0.717, 1.165) is 22.2 Å². The molecule has 2 aromatic carbocycles. The number of aryl methyl sites for hydroxylation is 1. The van der Waals surface area contributed by atoms with Gasteiger partial charge in [-0.1, -0.05) is 62.9 Å². The maximum Gasteiger partial charge on any atom is 0.123 e. The second-order valence-corrected chi connectivity index (χ2v) is 5.66. The fourth-order valence-electron chi connectivity index (χ4n) is 1.74. The van der Waals surface area contributed by atoms with E-state index in [0.29, 0.717) is 16.7 Å². The lowest BCUT2D eigenvalue weighted by molar-refractivity contribution is 0.304. The van der Waals surface area contributed by atoms with Gasteiger partial charge in [-0.15, -0.1) is 0 Å². The molecule has 4 heteroatoms. The quantitative estimate of drug-likeness (QED) is 0.629. The summed E-state index contributed by atoms with van der Waals surface area (Å²) < 4.78 is 5.83. The molecule has 0 N–H and O–H groups in total. The molecule has 0 bridgehead atoms. The highest BCUT2D eigenvalue weighted by atomic mass is 79.9. The molecule has 19 heavy (non-hydrogen) atoms. The highest BCUT2D eigenvalue weighted by Gasteiger charge is 2.05. The molecule has 0 radical (unpaired) electrons. The summed E-state index contributed by atoms with van der Waals surface area (Å²) in [4.78, 5) is 0. The molecule has 0 aromatic heterocycles. The van der Waals surface area contributed by atoms with Crippen LogP contribution in [0.3, 0.4) is 0 Å². The molecule has 0 amide bonds. The van der Waals surface area contributed by atoms with Crippen molar-refractivity contribution in [3.63, 3.8) is 0 Å². The fourth-order valence-corrected chi connectivity index (χ4v) is 2.50. The van der Waals surface area contributed by atoms with Crippen molar-refractivity contribution in [1.29, 1.82) is 0 Å². The summed E-state index contributed by atoms with van der Waals surface area (Å²) in [5.74, 6) is 0.883. The first-order chi connectivity index (χ1) is 9.10. The second kappa shape index (κ2) is 6.65. The van der Waals surface area contributed by atoms with Gasteiger partial charge in [0.2, 0.25) is 0 Å². The van der Waals surface area contributed by atoms with Crippen molar-refractivity contribution in [3.05, 3.63) is 63.1 Å². The van der Waals surface area contributed by atoms with Crippen LogP contribution in [-0.4, -0.2) is 0 Å². The molecule has 0 aliphatic rings. The molecule has 0 unspecified atom stereocenters. The van der Waals surface area contributed by atoms with Crippen LogP contribution >= 0.6 is 39.1 Å². The summed E-state index contributed by atoms with van der Waals surface area (Å²) in [7, 11) is 0. The van der Waals surface area contributed by atoms with Crippen LogP contribution in [0.15, 0.2) is 36.4 Å². The summed E-state index contributed by atoms with van der Waals surface area (Å²) >= 11 is 15.3. The fraction of sp³-hybridized carbons (Fsp3) is 0.200. The Morgan fingerprint density at radius 2 is 1.84 bits per heavy atom. The molecular weight excluding hydrogens is 347 g/mol. The monoisotopic (exact) mass is 358 g/mol. The average molecular weight is 360 g/mol. The lowest BCUT2D eigenvalue weighted by Crippen LogP contribution is -1.98. The molecule has 0 aliphatic heterocycles. The lowest BCUT2D eigenvalue weighted by Gasteiger charge is -2.11. The Labute approximate surface area is 131 Å². The van der Waals surface area contributed by atoms with Gasteiger partial charge in [-0.2, -0.15) is 0 Å². The topological polar surface area (TPSA) is 9.23 Å². The maximum atomic E-state index is 5.98. The highest BCUT2D eigenvalue weighted by molar-refractivity contribution is 9.08. The minimum absolute atomic E-state index is 0.472. The van der Waals surface area contributed by atoms with Gasteiger partial charge >= 0.3 is 0 Å². The van der Waals surface area contributed by atoms with Crippen LogP contribution in [0.5, 0.6) is 5.75 Å². The Bertz CT molecular complexity index is 584. The Morgan fingerprint density at radius 3 is 2.53 bits per heavy atom. The minimum atomic E-state index is 0.472. The van der Waals surface area contributed by atoms with Gasteiger partial charge in [-0.05, 0) is 30.7 Å². The number of hydrogen-bond acceptors (Lipinski definition) is 1. The molecule has 0 heterocycles. The van der Waals surface area contributed by atoms with Crippen molar-refractivity contribution >= 4 is 39.1 Å². The van der Waals surface area contributed by atoms with Crippen molar-refractivity contribution in [3.8, 4) is 5.75 Å². The molecule has 1 nitrogen and oxygen atoms in total. The Hall–Kier alpha value is -0.700. The van der Waals surface area contributed by atoms with Crippen LogP contribution in [0.2, 0.25) is 10.0 Å². The number of ether oxygens (including phenoxy) is 1. The van der Waals surface area contributed by atoms with Crippen molar-refractivity contribution in [1.82, 2.24) is 0 Å². The molecule has 100 valence electrons. The van der Waals surface area contributed by atoms with Gasteiger partial charge in [-0.3, -0.25) is 0 Å². The predicted octanol–water partition coefficient (Wildman–Crippen LogP) is 5.78. The van der Waals surface area contributed by atoms with Gasteiger partial charge in [0.1, 0.15) is 12.4 Å². The van der Waals surface area contributed by atoms with Gasteiger partial charge in [-0.25, -0.2) is 0 Å². The van der Waals surface area contributed by atoms with E-state index in [2.05, 4.69) is 28.9 Å². The van der Waals surface area contributed by atoms with Crippen LogP contribution in [0.1, 0.15) is 16.7 Å². The largest absolute Gasteiger partial charge is 0.489 e. The summed E-state index contributed by atoms with van der Waals surface area (Å²) in [5.41, 5.74) is 3.35. The SMILES string of the molecule is Cc1ccc(OCc2ccc(Cl)c(Cl)c2)c(CBr)c1. The Morgan fingerprint density at radius 1 is 1.05 bits per heavy atom. The normalized spacial score (nSPS) is 10.5. The van der Waals surface area contributed by atoms with E-state index in [4.69, 9.17) is 27.9 Å². The van der Waals surface area contributed by atoms with Gasteiger partial charge in [0, 0.05) is 10.9 Å². The van der Waals surface area contributed by atoms with Crippen LogP contribution in [-0.2, 0) is 11.9 Å². The molecule has 0 spiro atoms. The first-order valence-electron chi connectivity index (χ1n) is 5.82. The lowest BCUT2D eigenvalue weighted by atomic mass is 10.1. The van der Waals surface area contributed by atoms with E-state index < -0.39 is 0 Å². The molecular formula is C15H13BrCl2O. The molecule has 2 aromatic rings. The van der Waals surface area contributed by atoms with Gasteiger partial charge in [0.15, 0.2) is 0 Å². The van der Waals surface area contributed by atoms with Gasteiger partial charge in [0.25, 0.3) is 0 Å². The number of benzene rings is 2. The van der Waals surface area contributed by atoms with E-state index in [9.17, 15) is 0 Å². The van der Waals surface area contributed by atoms with Crippen LogP contribution < -0.4 is 4.74 Å². The third-order valence-electron chi connectivity index (χ3n) is 2.74. The van der Waals surface area contributed by atoms with Crippen molar-refractivity contribution in [2.24, 2.45) is 0 Å². The third-order valence-corrected chi connectivity index (χ3v) is 4.08. The Kier molecular flexibility index (Phi) is 5.14. The molecule has 0 fully saturated rings. The molecule has 0 saturated carbocycles. The molecule has 0 saturated heterocycles. The summed E-state index contributed by atoms with van der Waals surface area (Å²) in [6.07, 6.45) is 0. The van der Waals surface area contributed by atoms with E-state index in [-0.39, 0.29) is 0 Å². The Balaban J connectivity index is 2.12. The maximum absolute atomic E-state index is 5.98. The van der Waals surface area contributed by atoms with Crippen LogP contribution in [0.4, 0.5) is 0 Å². The summed E-state index contributed by atoms with van der Waals surface area (Å²) in [6, 6.07) is 11.7. The van der Waals surface area contributed by atoms with Gasteiger partial charge < -0.3 is 4.74 Å². The molecule has 0 atom stereocenters. The zero-order valence-electron chi connectivity index (χ0n) is 10.4. The van der Waals surface area contributed by atoms with Crippen LogP contribution in [0.25, 0.3) is 0 Å². The van der Waals surface area contributed by atoms with Crippen molar-refractivity contribution < 1.29 is 4.74 Å². The molecule has 0 aliphatic carbocycles. The van der Waals surface area contributed by atoms with Gasteiger partial charge in [0.05, 0.1) is 10.0 Å². The highest BCUT2D eigenvalue weighted by Crippen LogP contribution is 2.26. The zero-order valence-corrected chi connectivity index (χ0v) is 13.5. The summed E-state index contributed by atoms with van der Waals surface area (Å²) in [6.45, 7) is 2.54. The predicted molar refractivity (Wildman–Crippen MR) is 84.6 cm³/mol. The zero-order chi connectivity index (χ0) is 13.8. The first-order valence-corrected chi connectivity index (χ1v) is 7.70. The standard InChI is InChI=1S/C15H13BrCl2O/c1-10-2-5-15(12(6-10)8-16)19-9-11-3-4-13(17)14(18)7-11/h2-7H,8-9H2,1H3. The molecule has 2 rings (SSSR count). The minimum Gasteiger partial charge on any atom is -0.489 e.